The van der Waals surface area contributed by atoms with Crippen molar-refractivity contribution >= 4 is 11.9 Å². The molecular weight excluding hydrogens is 246 g/mol. The third-order valence-corrected chi connectivity index (χ3v) is 2.84. The summed E-state index contributed by atoms with van der Waals surface area (Å²) in [6.45, 7) is 8.18. The number of rotatable bonds is 6. The van der Waals surface area contributed by atoms with Crippen molar-refractivity contribution in [3.05, 3.63) is 18.0 Å². The number of carbonyl (C=O) groups is 2. The number of aromatic nitrogens is 2. The fraction of sp³-hybridized carbons (Fsp3) is 0.615. The Labute approximate surface area is 113 Å². The molecule has 6 heteroatoms. The van der Waals surface area contributed by atoms with Crippen molar-refractivity contribution < 1.29 is 14.3 Å². The highest BCUT2D eigenvalue weighted by molar-refractivity contribution is 5.88. The molecule has 1 amide bonds. The molecule has 1 unspecified atom stereocenters. The molecule has 0 saturated heterocycles. The number of carbonyl (C=O) groups excluding carboxylic acids is 2. The molecule has 0 aliphatic heterocycles. The van der Waals surface area contributed by atoms with E-state index in [0.717, 1.165) is 0 Å². The molecule has 1 rings (SSSR count). The summed E-state index contributed by atoms with van der Waals surface area (Å²) in [4.78, 5) is 23.2. The van der Waals surface area contributed by atoms with E-state index in [2.05, 4.69) is 10.4 Å². The molecule has 0 radical (unpaired) electrons. The number of hydrogen-bond donors (Lipinski definition) is 1. The van der Waals surface area contributed by atoms with E-state index in [4.69, 9.17) is 4.74 Å². The Morgan fingerprint density at radius 3 is 2.68 bits per heavy atom. The Morgan fingerprint density at radius 2 is 2.11 bits per heavy atom. The molecule has 0 saturated carbocycles. The van der Waals surface area contributed by atoms with Crippen LogP contribution in [0.1, 0.15) is 38.1 Å². The zero-order valence-corrected chi connectivity index (χ0v) is 11.8. The number of ether oxygens (including phenoxy) is 1. The van der Waals surface area contributed by atoms with Gasteiger partial charge in [0.1, 0.15) is 6.54 Å². The highest BCUT2D eigenvalue weighted by Crippen LogP contribution is 2.02. The monoisotopic (exact) mass is 267 g/mol. The van der Waals surface area contributed by atoms with E-state index in [1.807, 2.05) is 20.8 Å². The van der Waals surface area contributed by atoms with Crippen LogP contribution in [0.5, 0.6) is 0 Å². The van der Waals surface area contributed by atoms with E-state index < -0.39 is 5.97 Å². The SMILES string of the molecule is CCOC(=O)c1cnn(CC(=O)NC(C)C(C)C)c1. The van der Waals surface area contributed by atoms with Crippen molar-refractivity contribution in [3.63, 3.8) is 0 Å². The van der Waals surface area contributed by atoms with Crippen LogP contribution in [0.4, 0.5) is 0 Å². The average molecular weight is 267 g/mol. The van der Waals surface area contributed by atoms with Gasteiger partial charge >= 0.3 is 5.97 Å². The molecule has 106 valence electrons. The van der Waals surface area contributed by atoms with Crippen LogP contribution in [0.25, 0.3) is 0 Å². The van der Waals surface area contributed by atoms with E-state index in [1.54, 1.807) is 6.92 Å². The van der Waals surface area contributed by atoms with Crippen molar-refractivity contribution in [3.8, 4) is 0 Å². The lowest BCUT2D eigenvalue weighted by Gasteiger charge is -2.17. The largest absolute Gasteiger partial charge is 0.462 e. The van der Waals surface area contributed by atoms with Gasteiger partial charge in [-0.1, -0.05) is 13.8 Å². The molecule has 1 heterocycles. The molecule has 1 aromatic heterocycles. The summed E-state index contributed by atoms with van der Waals surface area (Å²) in [5.74, 6) is -0.180. The Morgan fingerprint density at radius 1 is 1.42 bits per heavy atom. The summed E-state index contributed by atoms with van der Waals surface area (Å²) < 4.78 is 6.27. The summed E-state index contributed by atoms with van der Waals surface area (Å²) in [5, 5.41) is 6.84. The van der Waals surface area contributed by atoms with E-state index >= 15 is 0 Å². The third kappa shape index (κ3) is 4.73. The second-order valence-corrected chi connectivity index (χ2v) is 4.75. The second-order valence-electron chi connectivity index (χ2n) is 4.75. The first-order valence-electron chi connectivity index (χ1n) is 6.43. The van der Waals surface area contributed by atoms with Gasteiger partial charge in [-0.05, 0) is 19.8 Å². The van der Waals surface area contributed by atoms with Gasteiger partial charge in [0, 0.05) is 12.2 Å². The van der Waals surface area contributed by atoms with E-state index in [0.29, 0.717) is 18.1 Å². The number of hydrogen-bond acceptors (Lipinski definition) is 4. The molecule has 1 aromatic rings. The number of esters is 1. The van der Waals surface area contributed by atoms with Gasteiger partial charge in [0.2, 0.25) is 5.91 Å². The lowest BCUT2D eigenvalue weighted by Crippen LogP contribution is -2.38. The van der Waals surface area contributed by atoms with Gasteiger partial charge in [0.25, 0.3) is 0 Å². The molecule has 0 aliphatic rings. The van der Waals surface area contributed by atoms with Crippen LogP contribution in [-0.4, -0.2) is 34.3 Å². The van der Waals surface area contributed by atoms with Crippen molar-refractivity contribution in [2.45, 2.75) is 40.3 Å². The molecule has 0 bridgehead atoms. The normalized spacial score (nSPS) is 12.3. The standard InChI is InChI=1S/C13H21N3O3/c1-5-19-13(18)11-6-14-16(7-11)8-12(17)15-10(4)9(2)3/h6-7,9-10H,5,8H2,1-4H3,(H,15,17). The van der Waals surface area contributed by atoms with Crippen LogP contribution in [-0.2, 0) is 16.1 Å². The molecule has 0 aromatic carbocycles. The Balaban J connectivity index is 2.54. The maximum Gasteiger partial charge on any atom is 0.341 e. The second kappa shape index (κ2) is 6.92. The summed E-state index contributed by atoms with van der Waals surface area (Å²) in [5.41, 5.74) is 0.353. The topological polar surface area (TPSA) is 73.2 Å². The Kier molecular flexibility index (Phi) is 5.54. The van der Waals surface area contributed by atoms with Crippen molar-refractivity contribution in [2.24, 2.45) is 5.92 Å². The van der Waals surface area contributed by atoms with Crippen LogP contribution in [0.3, 0.4) is 0 Å². The van der Waals surface area contributed by atoms with Gasteiger partial charge in [-0.15, -0.1) is 0 Å². The summed E-state index contributed by atoms with van der Waals surface area (Å²) in [7, 11) is 0. The number of amides is 1. The molecule has 0 fully saturated rings. The van der Waals surface area contributed by atoms with Crippen LogP contribution in [0.15, 0.2) is 12.4 Å². The molecule has 19 heavy (non-hydrogen) atoms. The van der Waals surface area contributed by atoms with Gasteiger partial charge in [-0.2, -0.15) is 5.10 Å². The lowest BCUT2D eigenvalue weighted by atomic mass is 10.1. The Hall–Kier alpha value is -1.85. The third-order valence-electron chi connectivity index (χ3n) is 2.84. The maximum atomic E-state index is 11.7. The van der Waals surface area contributed by atoms with Crippen molar-refractivity contribution in [1.29, 1.82) is 0 Å². The molecule has 0 aliphatic carbocycles. The molecule has 1 N–H and O–H groups in total. The van der Waals surface area contributed by atoms with E-state index in [1.165, 1.54) is 17.1 Å². The Bertz CT molecular complexity index is 440. The summed E-state index contributed by atoms with van der Waals surface area (Å²) in [6, 6.07) is 0.104. The quantitative estimate of drug-likeness (QED) is 0.786. The van der Waals surface area contributed by atoms with Crippen molar-refractivity contribution in [2.75, 3.05) is 6.61 Å². The van der Waals surface area contributed by atoms with Gasteiger partial charge in [-0.3, -0.25) is 9.48 Å². The van der Waals surface area contributed by atoms with E-state index in [9.17, 15) is 9.59 Å². The minimum atomic E-state index is -0.426. The fourth-order valence-corrected chi connectivity index (χ4v) is 1.38. The zero-order chi connectivity index (χ0) is 14.4. The molecule has 6 nitrogen and oxygen atoms in total. The lowest BCUT2D eigenvalue weighted by molar-refractivity contribution is -0.122. The predicted molar refractivity (Wildman–Crippen MR) is 70.6 cm³/mol. The minimum Gasteiger partial charge on any atom is -0.462 e. The van der Waals surface area contributed by atoms with Gasteiger partial charge < -0.3 is 10.1 Å². The van der Waals surface area contributed by atoms with Gasteiger partial charge in [0.05, 0.1) is 18.4 Å². The molecular formula is C13H21N3O3. The van der Waals surface area contributed by atoms with Crippen LogP contribution >= 0.6 is 0 Å². The highest BCUT2D eigenvalue weighted by Gasteiger charge is 2.13. The summed E-state index contributed by atoms with van der Waals surface area (Å²) in [6.07, 6.45) is 2.91. The first kappa shape index (κ1) is 15.2. The molecule has 0 spiro atoms. The summed E-state index contributed by atoms with van der Waals surface area (Å²) >= 11 is 0. The van der Waals surface area contributed by atoms with Gasteiger partial charge in [0.15, 0.2) is 0 Å². The molecule has 1 atom stereocenters. The van der Waals surface area contributed by atoms with Crippen LogP contribution in [0, 0.1) is 5.92 Å². The van der Waals surface area contributed by atoms with Crippen LogP contribution < -0.4 is 5.32 Å². The maximum absolute atomic E-state index is 11.7. The average Bonchev–Trinajstić information content (AvgIpc) is 2.77. The number of nitrogens with one attached hydrogen (secondary N) is 1. The predicted octanol–water partition coefficient (Wildman–Crippen LogP) is 1.22. The fourth-order valence-electron chi connectivity index (χ4n) is 1.38. The van der Waals surface area contributed by atoms with Gasteiger partial charge in [-0.25, -0.2) is 4.79 Å². The van der Waals surface area contributed by atoms with E-state index in [-0.39, 0.29) is 18.5 Å². The zero-order valence-electron chi connectivity index (χ0n) is 11.8. The minimum absolute atomic E-state index is 0.0937. The number of nitrogens with zero attached hydrogens (tertiary/aromatic N) is 2. The first-order chi connectivity index (χ1) is 8.93. The van der Waals surface area contributed by atoms with Crippen LogP contribution in [0.2, 0.25) is 0 Å². The highest BCUT2D eigenvalue weighted by atomic mass is 16.5. The first-order valence-corrected chi connectivity index (χ1v) is 6.43. The smallest absolute Gasteiger partial charge is 0.341 e. The van der Waals surface area contributed by atoms with Crippen molar-refractivity contribution in [1.82, 2.24) is 15.1 Å².